The first-order chi connectivity index (χ1) is 11.1. The van der Waals surface area contributed by atoms with E-state index in [2.05, 4.69) is 23.8 Å². The van der Waals surface area contributed by atoms with Crippen molar-refractivity contribution in [2.75, 3.05) is 6.61 Å². The van der Waals surface area contributed by atoms with Crippen molar-refractivity contribution in [2.24, 2.45) is 0 Å². The van der Waals surface area contributed by atoms with Gasteiger partial charge >= 0.3 is 5.97 Å². The van der Waals surface area contributed by atoms with Gasteiger partial charge in [-0.1, -0.05) is 11.8 Å². The molecular weight excluding hydrogens is 332 g/mol. The van der Waals surface area contributed by atoms with Gasteiger partial charge < -0.3 is 9.15 Å². The van der Waals surface area contributed by atoms with Crippen molar-refractivity contribution in [1.29, 1.82) is 0 Å². The van der Waals surface area contributed by atoms with Crippen LogP contribution in [0, 0.1) is 13.8 Å². The van der Waals surface area contributed by atoms with Crippen LogP contribution in [0.25, 0.3) is 10.2 Å². The average molecular weight is 348 g/mol. The van der Waals surface area contributed by atoms with Crippen LogP contribution in [-0.4, -0.2) is 22.5 Å². The molecule has 120 valence electrons. The number of aryl methyl sites for hydroxylation is 2. The van der Waals surface area contributed by atoms with Gasteiger partial charge in [-0.05, 0) is 32.4 Å². The summed E-state index contributed by atoms with van der Waals surface area (Å²) in [6, 6.07) is 1.64. The number of nitrogens with zero attached hydrogens (tertiary/aromatic N) is 2. The van der Waals surface area contributed by atoms with Crippen LogP contribution < -0.4 is 0 Å². The number of esters is 1. The summed E-state index contributed by atoms with van der Waals surface area (Å²) < 4.78 is 10.5. The molecule has 5 nitrogen and oxygen atoms in total. The summed E-state index contributed by atoms with van der Waals surface area (Å²) in [5.41, 5.74) is 1.68. The molecule has 0 bridgehead atoms. The molecule has 0 saturated carbocycles. The van der Waals surface area contributed by atoms with Crippen LogP contribution in [0.15, 0.2) is 28.1 Å². The summed E-state index contributed by atoms with van der Waals surface area (Å²) in [6.07, 6.45) is 3.09. The Morgan fingerprint density at radius 1 is 1.39 bits per heavy atom. The molecule has 3 aromatic heterocycles. The molecule has 3 aromatic rings. The number of thiophene rings is 1. The maximum atomic E-state index is 11.9. The predicted octanol–water partition coefficient (Wildman–Crippen LogP) is 4.37. The summed E-state index contributed by atoms with van der Waals surface area (Å²) >= 11 is 3.21. The second-order valence-electron chi connectivity index (χ2n) is 4.91. The van der Waals surface area contributed by atoms with E-state index >= 15 is 0 Å². The lowest BCUT2D eigenvalue weighted by Crippen LogP contribution is -2.05. The van der Waals surface area contributed by atoms with Gasteiger partial charge in [0.15, 0.2) is 0 Å². The van der Waals surface area contributed by atoms with Crippen molar-refractivity contribution in [3.63, 3.8) is 0 Å². The zero-order chi connectivity index (χ0) is 16.4. The van der Waals surface area contributed by atoms with Gasteiger partial charge in [-0.2, -0.15) is 0 Å². The molecule has 0 atom stereocenters. The van der Waals surface area contributed by atoms with Crippen LogP contribution in [0.2, 0.25) is 0 Å². The van der Waals surface area contributed by atoms with Crippen LogP contribution in [-0.2, 0) is 10.5 Å². The Bertz CT molecular complexity index is 854. The Labute approximate surface area is 142 Å². The highest BCUT2D eigenvalue weighted by atomic mass is 32.2. The number of thioether (sulfide) groups is 1. The topological polar surface area (TPSA) is 65.2 Å². The van der Waals surface area contributed by atoms with Gasteiger partial charge in [0, 0.05) is 10.3 Å². The Balaban J connectivity index is 1.85. The standard InChI is InChI=1S/C16H16N2O3S2/c1-4-20-16(19)11-5-6-21-12(11)7-22-14-13-9(2)10(3)23-15(13)18-8-17-14/h5-6,8H,4,7H2,1-3H3. The van der Waals surface area contributed by atoms with Crippen LogP contribution >= 0.6 is 23.1 Å². The van der Waals surface area contributed by atoms with E-state index in [1.54, 1.807) is 30.7 Å². The van der Waals surface area contributed by atoms with E-state index in [0.29, 0.717) is 23.7 Å². The lowest BCUT2D eigenvalue weighted by Gasteiger charge is -2.04. The van der Waals surface area contributed by atoms with Gasteiger partial charge in [0.2, 0.25) is 0 Å². The molecule has 0 N–H and O–H groups in total. The number of hydrogen-bond donors (Lipinski definition) is 0. The molecule has 0 radical (unpaired) electrons. The highest BCUT2D eigenvalue weighted by molar-refractivity contribution is 7.98. The average Bonchev–Trinajstić information content (AvgIpc) is 3.11. The molecule has 0 aliphatic heterocycles. The highest BCUT2D eigenvalue weighted by Gasteiger charge is 2.18. The summed E-state index contributed by atoms with van der Waals surface area (Å²) in [5.74, 6) is 0.763. The van der Waals surface area contributed by atoms with Gasteiger partial charge in [0.25, 0.3) is 0 Å². The molecule has 3 rings (SSSR count). The van der Waals surface area contributed by atoms with Crippen LogP contribution in [0.5, 0.6) is 0 Å². The minimum absolute atomic E-state index is 0.344. The zero-order valence-electron chi connectivity index (χ0n) is 13.1. The lowest BCUT2D eigenvalue weighted by molar-refractivity contribution is 0.0524. The molecule has 0 aliphatic carbocycles. The van der Waals surface area contributed by atoms with E-state index in [4.69, 9.17) is 9.15 Å². The number of ether oxygens (including phenoxy) is 1. The monoisotopic (exact) mass is 348 g/mol. The fraction of sp³-hybridized carbons (Fsp3) is 0.312. The Morgan fingerprint density at radius 2 is 2.22 bits per heavy atom. The normalized spacial score (nSPS) is 11.1. The summed E-state index contributed by atoms with van der Waals surface area (Å²) in [6.45, 7) is 6.29. The van der Waals surface area contributed by atoms with E-state index in [9.17, 15) is 4.79 Å². The zero-order valence-corrected chi connectivity index (χ0v) is 14.7. The quantitative estimate of drug-likeness (QED) is 0.387. The Hall–Kier alpha value is -1.86. The minimum atomic E-state index is -0.354. The van der Waals surface area contributed by atoms with Gasteiger partial charge in [-0.25, -0.2) is 14.8 Å². The van der Waals surface area contributed by atoms with Gasteiger partial charge in [0.05, 0.1) is 18.6 Å². The molecule has 0 saturated heterocycles. The summed E-state index contributed by atoms with van der Waals surface area (Å²) in [7, 11) is 0. The molecule has 0 aromatic carbocycles. The molecule has 7 heteroatoms. The third-order valence-corrected chi connectivity index (χ3v) is 5.62. The second-order valence-corrected chi connectivity index (χ2v) is 7.08. The van der Waals surface area contributed by atoms with Crippen LogP contribution in [0.4, 0.5) is 0 Å². The fourth-order valence-electron chi connectivity index (χ4n) is 2.24. The van der Waals surface area contributed by atoms with Crippen molar-refractivity contribution in [3.8, 4) is 0 Å². The minimum Gasteiger partial charge on any atom is -0.468 e. The first-order valence-corrected chi connectivity index (χ1v) is 8.99. The lowest BCUT2D eigenvalue weighted by atomic mass is 10.2. The maximum absolute atomic E-state index is 11.9. The molecule has 23 heavy (non-hydrogen) atoms. The molecule has 0 unspecified atom stereocenters. The largest absolute Gasteiger partial charge is 0.468 e. The molecule has 0 aliphatic rings. The number of aromatic nitrogens is 2. The third-order valence-electron chi connectivity index (χ3n) is 3.51. The van der Waals surface area contributed by atoms with Crippen molar-refractivity contribution in [3.05, 3.63) is 40.4 Å². The third kappa shape index (κ3) is 3.11. The number of fused-ring (bicyclic) bond motifs is 1. The number of rotatable bonds is 5. The predicted molar refractivity (Wildman–Crippen MR) is 91.1 cm³/mol. The van der Waals surface area contributed by atoms with Crippen molar-refractivity contribution in [2.45, 2.75) is 31.6 Å². The Kier molecular flexibility index (Phi) is 4.68. The molecule has 0 spiro atoms. The van der Waals surface area contributed by atoms with E-state index in [1.807, 2.05) is 0 Å². The van der Waals surface area contributed by atoms with Crippen LogP contribution in [0.1, 0.15) is 33.5 Å². The van der Waals surface area contributed by atoms with E-state index < -0.39 is 0 Å². The number of carbonyl (C=O) groups excluding carboxylic acids is 1. The van der Waals surface area contributed by atoms with E-state index in [0.717, 1.165) is 15.2 Å². The smallest absolute Gasteiger partial charge is 0.341 e. The second kappa shape index (κ2) is 6.72. The SMILES string of the molecule is CCOC(=O)c1ccoc1CSc1ncnc2sc(C)c(C)c12. The maximum Gasteiger partial charge on any atom is 0.341 e. The van der Waals surface area contributed by atoms with E-state index in [-0.39, 0.29) is 5.97 Å². The molecule has 0 fully saturated rings. The summed E-state index contributed by atoms with van der Waals surface area (Å²) in [4.78, 5) is 22.9. The van der Waals surface area contributed by atoms with Gasteiger partial charge in [-0.15, -0.1) is 11.3 Å². The van der Waals surface area contributed by atoms with E-state index in [1.165, 1.54) is 28.5 Å². The first kappa shape index (κ1) is 16.0. The first-order valence-electron chi connectivity index (χ1n) is 7.18. The van der Waals surface area contributed by atoms with Crippen molar-refractivity contribution in [1.82, 2.24) is 9.97 Å². The fourth-order valence-corrected chi connectivity index (χ4v) is 4.31. The Morgan fingerprint density at radius 3 is 3.00 bits per heavy atom. The highest BCUT2D eigenvalue weighted by Crippen LogP contribution is 2.35. The van der Waals surface area contributed by atoms with Crippen LogP contribution in [0.3, 0.4) is 0 Å². The van der Waals surface area contributed by atoms with Gasteiger partial charge in [0.1, 0.15) is 27.5 Å². The number of hydrogen-bond acceptors (Lipinski definition) is 7. The van der Waals surface area contributed by atoms with Crippen molar-refractivity contribution < 1.29 is 13.9 Å². The number of carbonyl (C=O) groups is 1. The molecule has 0 amide bonds. The van der Waals surface area contributed by atoms with Crippen molar-refractivity contribution >= 4 is 39.3 Å². The number of furan rings is 1. The van der Waals surface area contributed by atoms with Gasteiger partial charge in [-0.3, -0.25) is 0 Å². The summed E-state index contributed by atoms with van der Waals surface area (Å²) in [5, 5.41) is 1.99. The molecular formula is C16H16N2O3S2. The molecule has 3 heterocycles.